The lowest BCUT2D eigenvalue weighted by atomic mass is 10.1. The number of benzene rings is 2. The summed E-state index contributed by atoms with van der Waals surface area (Å²) in [5.41, 5.74) is 2.34. The van der Waals surface area contributed by atoms with E-state index in [1.807, 2.05) is 30.3 Å². The Morgan fingerprint density at radius 1 is 1.12 bits per heavy atom. The van der Waals surface area contributed by atoms with Gasteiger partial charge in [0.1, 0.15) is 12.4 Å². The van der Waals surface area contributed by atoms with Crippen LogP contribution >= 0.6 is 0 Å². The standard InChI is InChI=1S/C21H27N3O2/c1-22-21(24-15-20-11-6-12-25-20)23-14-17-7-5-8-18(13-17)16-26-19-9-3-2-4-10-19/h2-5,7-10,13,20H,6,11-12,14-16H2,1H3,(H2,22,23,24). The lowest BCUT2D eigenvalue weighted by Crippen LogP contribution is -2.40. The summed E-state index contributed by atoms with van der Waals surface area (Å²) in [6, 6.07) is 18.3. The fourth-order valence-corrected chi connectivity index (χ4v) is 2.94. The normalized spacial score (nSPS) is 17.1. The van der Waals surface area contributed by atoms with Crippen LogP contribution in [0.5, 0.6) is 5.75 Å². The van der Waals surface area contributed by atoms with Crippen molar-refractivity contribution in [3.63, 3.8) is 0 Å². The molecule has 2 aromatic carbocycles. The third kappa shape index (κ3) is 5.77. The van der Waals surface area contributed by atoms with Gasteiger partial charge in [0.25, 0.3) is 0 Å². The molecule has 1 unspecified atom stereocenters. The van der Waals surface area contributed by atoms with Gasteiger partial charge in [0.05, 0.1) is 6.10 Å². The first kappa shape index (κ1) is 18.3. The van der Waals surface area contributed by atoms with Crippen LogP contribution in [0, 0.1) is 0 Å². The van der Waals surface area contributed by atoms with Gasteiger partial charge in [0.15, 0.2) is 5.96 Å². The van der Waals surface area contributed by atoms with E-state index >= 15 is 0 Å². The second-order valence-corrected chi connectivity index (χ2v) is 6.36. The Bertz CT molecular complexity index is 697. The predicted molar refractivity (Wildman–Crippen MR) is 104 cm³/mol. The summed E-state index contributed by atoms with van der Waals surface area (Å²) in [5, 5.41) is 6.69. The molecule has 2 aromatic rings. The van der Waals surface area contributed by atoms with Crippen molar-refractivity contribution in [2.75, 3.05) is 20.2 Å². The molecule has 0 aromatic heterocycles. The number of hydrogen-bond acceptors (Lipinski definition) is 3. The Labute approximate surface area is 155 Å². The van der Waals surface area contributed by atoms with Gasteiger partial charge in [-0.15, -0.1) is 0 Å². The number of nitrogens with one attached hydrogen (secondary N) is 2. The molecule has 138 valence electrons. The van der Waals surface area contributed by atoms with Crippen molar-refractivity contribution >= 4 is 5.96 Å². The van der Waals surface area contributed by atoms with Gasteiger partial charge in [-0.25, -0.2) is 0 Å². The summed E-state index contributed by atoms with van der Waals surface area (Å²) in [4.78, 5) is 4.28. The highest BCUT2D eigenvalue weighted by Gasteiger charge is 2.15. The molecule has 0 spiro atoms. The number of ether oxygens (including phenoxy) is 2. The van der Waals surface area contributed by atoms with Crippen molar-refractivity contribution < 1.29 is 9.47 Å². The monoisotopic (exact) mass is 353 g/mol. The van der Waals surface area contributed by atoms with Gasteiger partial charge in [0, 0.05) is 26.7 Å². The molecule has 26 heavy (non-hydrogen) atoms. The number of hydrogen-bond donors (Lipinski definition) is 2. The Hall–Kier alpha value is -2.53. The summed E-state index contributed by atoms with van der Waals surface area (Å²) in [6.07, 6.45) is 2.57. The van der Waals surface area contributed by atoms with E-state index in [0.717, 1.165) is 43.3 Å². The van der Waals surface area contributed by atoms with E-state index in [2.05, 4.69) is 39.9 Å². The molecule has 0 aliphatic carbocycles. The highest BCUT2D eigenvalue weighted by molar-refractivity contribution is 5.79. The zero-order valence-electron chi connectivity index (χ0n) is 15.3. The molecule has 1 fully saturated rings. The lowest BCUT2D eigenvalue weighted by molar-refractivity contribution is 0.114. The molecule has 1 atom stereocenters. The van der Waals surface area contributed by atoms with E-state index in [1.54, 1.807) is 7.05 Å². The van der Waals surface area contributed by atoms with Gasteiger partial charge >= 0.3 is 0 Å². The smallest absolute Gasteiger partial charge is 0.191 e. The van der Waals surface area contributed by atoms with Crippen LogP contribution in [-0.2, 0) is 17.9 Å². The molecule has 1 aliphatic heterocycles. The van der Waals surface area contributed by atoms with Crippen LogP contribution in [0.15, 0.2) is 59.6 Å². The van der Waals surface area contributed by atoms with E-state index in [9.17, 15) is 0 Å². The van der Waals surface area contributed by atoms with Crippen LogP contribution in [0.3, 0.4) is 0 Å². The molecule has 0 radical (unpaired) electrons. The van der Waals surface area contributed by atoms with E-state index in [1.165, 1.54) is 5.56 Å². The van der Waals surface area contributed by atoms with Gasteiger partial charge in [-0.3, -0.25) is 4.99 Å². The zero-order valence-corrected chi connectivity index (χ0v) is 15.3. The highest BCUT2D eigenvalue weighted by Crippen LogP contribution is 2.13. The zero-order chi connectivity index (χ0) is 18.0. The van der Waals surface area contributed by atoms with Crippen LogP contribution in [0.1, 0.15) is 24.0 Å². The average Bonchev–Trinajstić information content (AvgIpc) is 3.21. The minimum absolute atomic E-state index is 0.298. The van der Waals surface area contributed by atoms with Crippen LogP contribution < -0.4 is 15.4 Å². The molecule has 5 heteroatoms. The van der Waals surface area contributed by atoms with E-state index < -0.39 is 0 Å². The van der Waals surface area contributed by atoms with Crippen LogP contribution in [0.25, 0.3) is 0 Å². The van der Waals surface area contributed by atoms with Crippen LogP contribution in [0.4, 0.5) is 0 Å². The fourth-order valence-electron chi connectivity index (χ4n) is 2.94. The lowest BCUT2D eigenvalue weighted by Gasteiger charge is -2.15. The molecule has 3 rings (SSSR count). The number of aliphatic imine (C=N–C) groups is 1. The Morgan fingerprint density at radius 2 is 1.96 bits per heavy atom. The van der Waals surface area contributed by atoms with Crippen molar-refractivity contribution in [1.29, 1.82) is 0 Å². The first-order valence-electron chi connectivity index (χ1n) is 9.15. The molecular weight excluding hydrogens is 326 g/mol. The largest absolute Gasteiger partial charge is 0.489 e. The van der Waals surface area contributed by atoms with Crippen molar-refractivity contribution in [3.8, 4) is 5.75 Å². The highest BCUT2D eigenvalue weighted by atomic mass is 16.5. The maximum Gasteiger partial charge on any atom is 0.191 e. The molecule has 5 nitrogen and oxygen atoms in total. The fraction of sp³-hybridized carbons (Fsp3) is 0.381. The van der Waals surface area contributed by atoms with E-state index in [-0.39, 0.29) is 0 Å². The third-order valence-electron chi connectivity index (χ3n) is 4.34. The summed E-state index contributed by atoms with van der Waals surface area (Å²) in [6.45, 7) is 2.94. The topological polar surface area (TPSA) is 54.9 Å². The van der Waals surface area contributed by atoms with Gasteiger partial charge < -0.3 is 20.1 Å². The second-order valence-electron chi connectivity index (χ2n) is 6.36. The molecule has 1 aliphatic rings. The first-order valence-corrected chi connectivity index (χ1v) is 9.15. The van der Waals surface area contributed by atoms with Crippen molar-refractivity contribution in [3.05, 3.63) is 65.7 Å². The molecule has 1 heterocycles. The van der Waals surface area contributed by atoms with Crippen molar-refractivity contribution in [2.45, 2.75) is 32.1 Å². The number of guanidine groups is 1. The number of rotatable bonds is 7. The summed E-state index contributed by atoms with van der Waals surface area (Å²) < 4.78 is 11.4. The van der Waals surface area contributed by atoms with Crippen LogP contribution in [-0.4, -0.2) is 32.3 Å². The Kier molecular flexibility index (Phi) is 6.90. The number of para-hydroxylation sites is 1. The number of nitrogens with zero attached hydrogens (tertiary/aromatic N) is 1. The van der Waals surface area contributed by atoms with E-state index in [4.69, 9.17) is 9.47 Å². The third-order valence-corrected chi connectivity index (χ3v) is 4.34. The molecule has 0 amide bonds. The quantitative estimate of drug-likeness (QED) is 0.593. The summed E-state index contributed by atoms with van der Waals surface area (Å²) in [5.74, 6) is 1.68. The molecule has 0 bridgehead atoms. The molecular formula is C21H27N3O2. The minimum Gasteiger partial charge on any atom is -0.489 e. The predicted octanol–water partition coefficient (Wildman–Crippen LogP) is 3.11. The molecule has 0 saturated carbocycles. The Morgan fingerprint density at radius 3 is 2.73 bits per heavy atom. The van der Waals surface area contributed by atoms with Crippen molar-refractivity contribution in [2.24, 2.45) is 4.99 Å². The maximum atomic E-state index is 5.82. The first-order chi connectivity index (χ1) is 12.8. The molecule has 2 N–H and O–H groups in total. The summed E-state index contributed by atoms with van der Waals surface area (Å²) >= 11 is 0. The maximum absolute atomic E-state index is 5.82. The van der Waals surface area contributed by atoms with Crippen LogP contribution in [0.2, 0.25) is 0 Å². The van der Waals surface area contributed by atoms with Gasteiger partial charge in [-0.1, -0.05) is 42.5 Å². The molecule has 1 saturated heterocycles. The van der Waals surface area contributed by atoms with Gasteiger partial charge in [0.2, 0.25) is 0 Å². The SMILES string of the molecule is CN=C(NCc1cccc(COc2ccccc2)c1)NCC1CCCO1. The average molecular weight is 353 g/mol. The minimum atomic E-state index is 0.298. The van der Waals surface area contributed by atoms with E-state index in [0.29, 0.717) is 19.3 Å². The van der Waals surface area contributed by atoms with Crippen molar-refractivity contribution in [1.82, 2.24) is 10.6 Å². The van der Waals surface area contributed by atoms with Gasteiger partial charge in [-0.05, 0) is 36.1 Å². The Balaban J connectivity index is 1.46. The summed E-state index contributed by atoms with van der Waals surface area (Å²) in [7, 11) is 1.79. The van der Waals surface area contributed by atoms with Gasteiger partial charge in [-0.2, -0.15) is 0 Å². The second kappa shape index (κ2) is 9.82.